The molecule has 1 aliphatic heterocycles. The van der Waals surface area contributed by atoms with Crippen LogP contribution in [0.15, 0.2) is 60.9 Å². The smallest absolute Gasteiger partial charge is 0.230 e. The van der Waals surface area contributed by atoms with Gasteiger partial charge >= 0.3 is 0 Å². The van der Waals surface area contributed by atoms with E-state index in [2.05, 4.69) is 70.5 Å². The number of hydrogen-bond donors (Lipinski definition) is 2. The third-order valence-corrected chi connectivity index (χ3v) is 8.83. The molecule has 1 saturated heterocycles. The zero-order chi connectivity index (χ0) is 32.2. The molecule has 3 N–H and O–H groups in total. The summed E-state index contributed by atoms with van der Waals surface area (Å²) in [6.07, 6.45) is 7.53. The second-order valence-electron chi connectivity index (χ2n) is 13.0. The van der Waals surface area contributed by atoms with Gasteiger partial charge in [-0.2, -0.15) is 19.6 Å². The molecule has 10 heteroatoms. The number of fused-ring (bicyclic) bond motifs is 2. The van der Waals surface area contributed by atoms with E-state index < -0.39 is 0 Å². The van der Waals surface area contributed by atoms with Gasteiger partial charge in [-0.15, -0.1) is 0 Å². The van der Waals surface area contributed by atoms with Gasteiger partial charge in [0.15, 0.2) is 5.65 Å². The number of carbonyl (C=O) groups excluding carboxylic acids is 1. The van der Waals surface area contributed by atoms with Crippen LogP contribution in [0.2, 0.25) is 0 Å². The first-order valence-electron chi connectivity index (χ1n) is 16.4. The summed E-state index contributed by atoms with van der Waals surface area (Å²) in [7, 11) is 4.07. The summed E-state index contributed by atoms with van der Waals surface area (Å²) < 4.78 is 1.82. The number of nitrogens with one attached hydrogen (secondary N) is 1. The monoisotopic (exact) mass is 619 g/mol. The Hall–Kier alpha value is -4.41. The minimum absolute atomic E-state index is 0.227. The molecule has 0 radical (unpaired) electrons. The highest BCUT2D eigenvalue weighted by atomic mass is 16.1. The molecule has 240 valence electrons. The molecule has 3 aromatic heterocycles. The lowest BCUT2D eigenvalue weighted by atomic mass is 9.97. The van der Waals surface area contributed by atoms with Crippen molar-refractivity contribution in [1.29, 1.82) is 0 Å². The summed E-state index contributed by atoms with van der Waals surface area (Å²) in [6.45, 7) is 7.44. The van der Waals surface area contributed by atoms with Gasteiger partial charge < -0.3 is 20.9 Å². The molecule has 5 aromatic rings. The highest BCUT2D eigenvalue weighted by molar-refractivity contribution is 5.96. The van der Waals surface area contributed by atoms with Gasteiger partial charge in [-0.05, 0) is 68.4 Å². The van der Waals surface area contributed by atoms with Gasteiger partial charge in [0, 0.05) is 61.2 Å². The van der Waals surface area contributed by atoms with Crippen molar-refractivity contribution in [2.24, 2.45) is 5.73 Å². The highest BCUT2D eigenvalue weighted by Gasteiger charge is 2.22. The quantitative estimate of drug-likeness (QED) is 0.188. The van der Waals surface area contributed by atoms with E-state index in [0.29, 0.717) is 31.3 Å². The average Bonchev–Trinajstić information content (AvgIpc) is 3.48. The summed E-state index contributed by atoms with van der Waals surface area (Å²) in [5.74, 6) is 1.92. The van der Waals surface area contributed by atoms with Gasteiger partial charge in [-0.1, -0.05) is 56.3 Å². The van der Waals surface area contributed by atoms with Crippen molar-refractivity contribution in [3.63, 3.8) is 0 Å². The van der Waals surface area contributed by atoms with E-state index >= 15 is 0 Å². The van der Waals surface area contributed by atoms with E-state index in [1.807, 2.05) is 43.1 Å². The number of piperidine rings is 1. The van der Waals surface area contributed by atoms with Crippen LogP contribution in [0.25, 0.3) is 27.7 Å². The number of anilines is 2. The highest BCUT2D eigenvalue weighted by Crippen LogP contribution is 2.31. The van der Waals surface area contributed by atoms with Crippen molar-refractivity contribution in [1.82, 2.24) is 29.5 Å². The lowest BCUT2D eigenvalue weighted by Gasteiger charge is -2.30. The van der Waals surface area contributed by atoms with Crippen molar-refractivity contribution < 1.29 is 4.79 Å². The SMILES string of the molecule is CC(C)c1cnn2c(NCc3ccccc3-c3nccc4cc(CC(=O)CCCN(C)C)ccc34)nc(N3CCC(N)CC3)nc12. The number of nitrogens with two attached hydrogens (primary N) is 1. The van der Waals surface area contributed by atoms with E-state index in [4.69, 9.17) is 20.7 Å². The lowest BCUT2D eigenvalue weighted by molar-refractivity contribution is -0.118. The Balaban J connectivity index is 1.27. The van der Waals surface area contributed by atoms with Crippen LogP contribution in [0.1, 0.15) is 62.1 Å². The standard InChI is InChI=1S/C36H45N9O/c1-24(2)32-23-40-45-34(32)41-36(44-18-14-28(37)15-19-44)42-35(45)39-22-27-8-5-6-10-30(27)33-31-12-11-25(20-26(31)13-16-38-33)21-29(46)9-7-17-43(3)4/h5-6,8,10-13,16,20,23-24,28H,7,9,14-15,17-19,21-22,37H2,1-4H3,(H,39,41,42). The molecule has 10 nitrogen and oxygen atoms in total. The molecule has 0 amide bonds. The second kappa shape index (κ2) is 13.9. The second-order valence-corrected chi connectivity index (χ2v) is 13.0. The van der Waals surface area contributed by atoms with Gasteiger partial charge in [0.25, 0.3) is 0 Å². The maximum absolute atomic E-state index is 12.6. The van der Waals surface area contributed by atoms with E-state index in [1.165, 1.54) is 0 Å². The first-order valence-corrected chi connectivity index (χ1v) is 16.4. The number of benzene rings is 2. The lowest BCUT2D eigenvalue weighted by Crippen LogP contribution is -2.40. The molecule has 6 rings (SSSR count). The number of aromatic nitrogens is 5. The maximum atomic E-state index is 12.6. The molecule has 2 aromatic carbocycles. The fourth-order valence-electron chi connectivity index (χ4n) is 6.19. The fraction of sp³-hybridized carbons (Fsp3) is 0.417. The summed E-state index contributed by atoms with van der Waals surface area (Å²) in [5.41, 5.74) is 12.2. The fourth-order valence-corrected chi connectivity index (χ4v) is 6.19. The van der Waals surface area contributed by atoms with Crippen LogP contribution in [0.4, 0.5) is 11.9 Å². The van der Waals surface area contributed by atoms with Gasteiger partial charge in [-0.3, -0.25) is 9.78 Å². The Bertz CT molecular complexity index is 1820. The summed E-state index contributed by atoms with van der Waals surface area (Å²) >= 11 is 0. The van der Waals surface area contributed by atoms with Gasteiger partial charge in [-0.25, -0.2) is 0 Å². The van der Waals surface area contributed by atoms with Crippen LogP contribution in [-0.2, 0) is 17.8 Å². The normalized spacial score (nSPS) is 14.2. The number of pyridine rings is 1. The molecule has 46 heavy (non-hydrogen) atoms. The number of rotatable bonds is 12. The Morgan fingerprint density at radius 2 is 1.89 bits per heavy atom. The molecular weight excluding hydrogens is 574 g/mol. The maximum Gasteiger partial charge on any atom is 0.230 e. The Morgan fingerprint density at radius 1 is 1.09 bits per heavy atom. The molecule has 0 unspecified atom stereocenters. The third kappa shape index (κ3) is 7.03. The first kappa shape index (κ1) is 31.6. The molecule has 1 aliphatic rings. The van der Waals surface area contributed by atoms with E-state index in [-0.39, 0.29) is 17.7 Å². The molecule has 0 saturated carbocycles. The molecule has 1 fully saturated rings. The van der Waals surface area contributed by atoms with Crippen LogP contribution < -0.4 is 16.0 Å². The minimum atomic E-state index is 0.227. The van der Waals surface area contributed by atoms with Crippen molar-refractivity contribution >= 4 is 34.1 Å². The van der Waals surface area contributed by atoms with Crippen LogP contribution in [0.5, 0.6) is 0 Å². The predicted molar refractivity (Wildman–Crippen MR) is 185 cm³/mol. The number of nitrogens with zero attached hydrogens (tertiary/aromatic N) is 7. The molecule has 0 atom stereocenters. The van der Waals surface area contributed by atoms with Crippen LogP contribution in [0.3, 0.4) is 0 Å². The van der Waals surface area contributed by atoms with Crippen LogP contribution in [0, 0.1) is 0 Å². The van der Waals surface area contributed by atoms with Crippen molar-refractivity contribution in [2.75, 3.05) is 43.9 Å². The summed E-state index contributed by atoms with van der Waals surface area (Å²) in [5, 5.41) is 10.4. The van der Waals surface area contributed by atoms with Crippen molar-refractivity contribution in [3.05, 3.63) is 77.6 Å². The van der Waals surface area contributed by atoms with Crippen molar-refractivity contribution in [3.8, 4) is 11.3 Å². The predicted octanol–water partition coefficient (Wildman–Crippen LogP) is 5.46. The number of carbonyl (C=O) groups is 1. The molecule has 4 heterocycles. The van der Waals surface area contributed by atoms with E-state index in [1.54, 1.807) is 0 Å². The molecular formula is C36H45N9O. The Kier molecular flexibility index (Phi) is 9.56. The molecule has 0 bridgehead atoms. The van der Waals surface area contributed by atoms with Gasteiger partial charge in [0.2, 0.25) is 11.9 Å². The minimum Gasteiger partial charge on any atom is -0.350 e. The zero-order valence-electron chi connectivity index (χ0n) is 27.4. The third-order valence-electron chi connectivity index (χ3n) is 8.83. The Morgan fingerprint density at radius 3 is 2.67 bits per heavy atom. The number of hydrogen-bond acceptors (Lipinski definition) is 9. The average molecular weight is 620 g/mol. The molecule has 0 aliphatic carbocycles. The van der Waals surface area contributed by atoms with Gasteiger partial charge in [0.05, 0.1) is 11.9 Å². The first-order chi connectivity index (χ1) is 22.3. The summed E-state index contributed by atoms with van der Waals surface area (Å²) in [4.78, 5) is 31.7. The van der Waals surface area contributed by atoms with Crippen LogP contribution >= 0.6 is 0 Å². The number of Topliss-reactive ketones (excluding diaryl/α,β-unsaturated/α-hetero) is 1. The summed E-state index contributed by atoms with van der Waals surface area (Å²) in [6, 6.07) is 16.9. The van der Waals surface area contributed by atoms with Crippen LogP contribution in [-0.4, -0.2) is 75.0 Å². The number of ketones is 1. The topological polar surface area (TPSA) is 118 Å². The molecule has 0 spiro atoms. The Labute approximate surface area is 271 Å². The van der Waals surface area contributed by atoms with E-state index in [9.17, 15) is 4.79 Å². The van der Waals surface area contributed by atoms with E-state index in [0.717, 1.165) is 83.3 Å². The largest absolute Gasteiger partial charge is 0.350 e. The van der Waals surface area contributed by atoms with Gasteiger partial charge in [0.1, 0.15) is 5.78 Å². The zero-order valence-corrected chi connectivity index (χ0v) is 27.4. The van der Waals surface area contributed by atoms with Crippen molar-refractivity contribution in [2.45, 2.75) is 64.5 Å².